The third-order valence-corrected chi connectivity index (χ3v) is 4.21. The van der Waals surface area contributed by atoms with Gasteiger partial charge < -0.3 is 5.73 Å². The van der Waals surface area contributed by atoms with Gasteiger partial charge in [0.2, 0.25) is 0 Å². The first-order chi connectivity index (χ1) is 7.13. The van der Waals surface area contributed by atoms with Crippen LogP contribution in [0.4, 0.5) is 0 Å². The standard InChI is InChI=1S/C11H16ClNOS/c1-9(5-6-13)15(14)8-10-3-2-4-11(12)7-10/h2-4,7,9H,5-6,8,13H2,1H3. The van der Waals surface area contributed by atoms with E-state index in [-0.39, 0.29) is 5.25 Å². The lowest BCUT2D eigenvalue weighted by Crippen LogP contribution is -2.17. The zero-order valence-corrected chi connectivity index (χ0v) is 10.4. The van der Waals surface area contributed by atoms with E-state index in [9.17, 15) is 4.21 Å². The Balaban J connectivity index is 2.58. The molecule has 0 aliphatic carbocycles. The average Bonchev–Trinajstić information content (AvgIpc) is 2.18. The summed E-state index contributed by atoms with van der Waals surface area (Å²) >= 11 is 5.85. The maximum atomic E-state index is 11.8. The van der Waals surface area contributed by atoms with Crippen molar-refractivity contribution in [2.45, 2.75) is 24.3 Å². The Labute approximate surface area is 98.3 Å². The fraction of sp³-hybridized carbons (Fsp3) is 0.455. The molecule has 4 heteroatoms. The third-order valence-electron chi connectivity index (χ3n) is 2.22. The van der Waals surface area contributed by atoms with Crippen molar-refractivity contribution >= 4 is 22.4 Å². The Morgan fingerprint density at radius 2 is 2.27 bits per heavy atom. The monoisotopic (exact) mass is 245 g/mol. The molecular formula is C11H16ClNOS. The fourth-order valence-electron chi connectivity index (χ4n) is 1.30. The van der Waals surface area contributed by atoms with E-state index in [1.807, 2.05) is 31.2 Å². The molecule has 2 atom stereocenters. The average molecular weight is 246 g/mol. The summed E-state index contributed by atoms with van der Waals surface area (Å²) in [5.74, 6) is 0.557. The van der Waals surface area contributed by atoms with Gasteiger partial charge in [-0.15, -0.1) is 0 Å². The zero-order valence-electron chi connectivity index (χ0n) is 8.78. The Morgan fingerprint density at radius 1 is 1.53 bits per heavy atom. The minimum absolute atomic E-state index is 0.147. The number of hydrogen-bond acceptors (Lipinski definition) is 2. The molecule has 0 aliphatic heterocycles. The SMILES string of the molecule is CC(CCN)S(=O)Cc1cccc(Cl)c1. The smallest absolute Gasteiger partial charge is 0.0488 e. The van der Waals surface area contributed by atoms with Gasteiger partial charge in [-0.05, 0) is 30.7 Å². The Bertz CT molecular complexity index is 343. The zero-order chi connectivity index (χ0) is 11.3. The Morgan fingerprint density at radius 3 is 2.87 bits per heavy atom. The van der Waals surface area contributed by atoms with E-state index in [0.717, 1.165) is 12.0 Å². The number of rotatable bonds is 5. The predicted molar refractivity (Wildman–Crippen MR) is 66.4 cm³/mol. The van der Waals surface area contributed by atoms with Gasteiger partial charge in [-0.1, -0.05) is 30.7 Å². The minimum Gasteiger partial charge on any atom is -0.330 e. The highest BCUT2D eigenvalue weighted by atomic mass is 35.5. The summed E-state index contributed by atoms with van der Waals surface area (Å²) in [6.45, 7) is 2.55. The highest BCUT2D eigenvalue weighted by molar-refractivity contribution is 7.84. The van der Waals surface area contributed by atoms with Crippen LogP contribution < -0.4 is 5.73 Å². The first kappa shape index (κ1) is 12.7. The van der Waals surface area contributed by atoms with E-state index in [1.165, 1.54) is 0 Å². The predicted octanol–water partition coefficient (Wildman–Crippen LogP) is 2.33. The number of benzene rings is 1. The maximum Gasteiger partial charge on any atom is 0.0488 e. The van der Waals surface area contributed by atoms with Gasteiger partial charge in [0.1, 0.15) is 0 Å². The number of hydrogen-bond donors (Lipinski definition) is 1. The molecule has 0 amide bonds. The van der Waals surface area contributed by atoms with Crippen molar-refractivity contribution in [3.8, 4) is 0 Å². The Hall–Kier alpha value is -0.380. The molecule has 0 aromatic heterocycles. The van der Waals surface area contributed by atoms with Crippen LogP contribution in [0.3, 0.4) is 0 Å². The molecule has 0 aliphatic rings. The third kappa shape index (κ3) is 4.33. The molecule has 0 saturated heterocycles. The first-order valence-electron chi connectivity index (χ1n) is 4.95. The van der Waals surface area contributed by atoms with Crippen LogP contribution in [0.25, 0.3) is 0 Å². The van der Waals surface area contributed by atoms with Crippen LogP contribution in [0.1, 0.15) is 18.9 Å². The molecule has 0 bridgehead atoms. The van der Waals surface area contributed by atoms with Crippen LogP contribution in [-0.2, 0) is 16.6 Å². The van der Waals surface area contributed by atoms with Crippen LogP contribution in [0.2, 0.25) is 5.02 Å². The molecule has 1 aromatic rings. The van der Waals surface area contributed by atoms with E-state index in [0.29, 0.717) is 17.3 Å². The van der Waals surface area contributed by atoms with Gasteiger partial charge in [-0.3, -0.25) is 4.21 Å². The number of halogens is 1. The van der Waals surface area contributed by atoms with Crippen molar-refractivity contribution in [1.29, 1.82) is 0 Å². The van der Waals surface area contributed by atoms with E-state index in [4.69, 9.17) is 17.3 Å². The van der Waals surface area contributed by atoms with Crippen LogP contribution in [0.5, 0.6) is 0 Å². The minimum atomic E-state index is -0.863. The summed E-state index contributed by atoms with van der Waals surface area (Å²) in [6, 6.07) is 7.49. The van der Waals surface area contributed by atoms with Crippen LogP contribution >= 0.6 is 11.6 Å². The molecule has 0 radical (unpaired) electrons. The molecule has 2 unspecified atom stereocenters. The van der Waals surface area contributed by atoms with Crippen molar-refractivity contribution in [1.82, 2.24) is 0 Å². The van der Waals surface area contributed by atoms with Gasteiger partial charge in [0.15, 0.2) is 0 Å². The lowest BCUT2D eigenvalue weighted by Gasteiger charge is -2.09. The quantitative estimate of drug-likeness (QED) is 0.865. The summed E-state index contributed by atoms with van der Waals surface area (Å²) in [7, 11) is -0.863. The largest absolute Gasteiger partial charge is 0.330 e. The summed E-state index contributed by atoms with van der Waals surface area (Å²) < 4.78 is 11.8. The van der Waals surface area contributed by atoms with Gasteiger partial charge in [0.05, 0.1) is 0 Å². The lowest BCUT2D eigenvalue weighted by atomic mass is 10.2. The summed E-state index contributed by atoms with van der Waals surface area (Å²) in [5.41, 5.74) is 6.45. The van der Waals surface area contributed by atoms with Gasteiger partial charge in [0.25, 0.3) is 0 Å². The van der Waals surface area contributed by atoms with Crippen molar-refractivity contribution < 1.29 is 4.21 Å². The maximum absolute atomic E-state index is 11.8. The fourth-order valence-corrected chi connectivity index (χ4v) is 2.70. The Kier molecular flexibility index (Phi) is 5.29. The molecule has 0 spiro atoms. The van der Waals surface area contributed by atoms with Crippen LogP contribution in [0.15, 0.2) is 24.3 Å². The van der Waals surface area contributed by atoms with E-state index >= 15 is 0 Å². The molecule has 0 heterocycles. The normalized spacial score (nSPS) is 14.9. The molecule has 15 heavy (non-hydrogen) atoms. The second kappa shape index (κ2) is 6.26. The molecule has 2 N–H and O–H groups in total. The van der Waals surface area contributed by atoms with E-state index < -0.39 is 10.8 Å². The van der Waals surface area contributed by atoms with E-state index in [1.54, 1.807) is 0 Å². The molecule has 0 fully saturated rings. The van der Waals surface area contributed by atoms with Crippen molar-refractivity contribution in [2.24, 2.45) is 5.73 Å². The molecule has 84 valence electrons. The van der Waals surface area contributed by atoms with Gasteiger partial charge in [-0.25, -0.2) is 0 Å². The molecule has 2 nitrogen and oxygen atoms in total. The first-order valence-corrected chi connectivity index (χ1v) is 6.71. The summed E-state index contributed by atoms with van der Waals surface area (Å²) in [6.07, 6.45) is 0.799. The van der Waals surface area contributed by atoms with Crippen molar-refractivity contribution in [3.63, 3.8) is 0 Å². The molecule has 0 saturated carbocycles. The number of nitrogens with two attached hydrogens (primary N) is 1. The van der Waals surface area contributed by atoms with Gasteiger partial charge in [-0.2, -0.15) is 0 Å². The van der Waals surface area contributed by atoms with Crippen molar-refractivity contribution in [3.05, 3.63) is 34.9 Å². The van der Waals surface area contributed by atoms with Crippen LogP contribution in [0, 0.1) is 0 Å². The summed E-state index contributed by atoms with van der Waals surface area (Å²) in [4.78, 5) is 0. The van der Waals surface area contributed by atoms with Crippen molar-refractivity contribution in [2.75, 3.05) is 6.54 Å². The van der Waals surface area contributed by atoms with Gasteiger partial charge >= 0.3 is 0 Å². The van der Waals surface area contributed by atoms with E-state index in [2.05, 4.69) is 0 Å². The second-order valence-electron chi connectivity index (χ2n) is 3.54. The second-order valence-corrected chi connectivity index (χ2v) is 5.83. The molecule has 1 rings (SSSR count). The summed E-state index contributed by atoms with van der Waals surface area (Å²) in [5, 5.41) is 0.838. The topological polar surface area (TPSA) is 43.1 Å². The van der Waals surface area contributed by atoms with Gasteiger partial charge in [0, 0.05) is 26.8 Å². The molecular weight excluding hydrogens is 230 g/mol. The lowest BCUT2D eigenvalue weighted by molar-refractivity contribution is 0.665. The highest BCUT2D eigenvalue weighted by Crippen LogP contribution is 2.14. The van der Waals surface area contributed by atoms with Crippen LogP contribution in [-0.4, -0.2) is 16.0 Å². The molecule has 1 aromatic carbocycles. The highest BCUT2D eigenvalue weighted by Gasteiger charge is 2.10.